The third-order valence-electron chi connectivity index (χ3n) is 2.47. The molecule has 0 fully saturated rings. The van der Waals surface area contributed by atoms with E-state index in [0.717, 1.165) is 0 Å². The summed E-state index contributed by atoms with van der Waals surface area (Å²) in [6.45, 7) is 4.38. The zero-order valence-electron chi connectivity index (χ0n) is 10.5. The number of benzene rings is 1. The van der Waals surface area contributed by atoms with Crippen molar-refractivity contribution in [3.8, 4) is 11.3 Å². The molecule has 1 heterocycles. The summed E-state index contributed by atoms with van der Waals surface area (Å²) in [5.74, 6) is -0.897. The van der Waals surface area contributed by atoms with Crippen LogP contribution in [-0.4, -0.2) is 11.0 Å². The number of nitrogens with one attached hydrogen (secondary N) is 1. The molecule has 0 unspecified atom stereocenters. The normalized spacial score (nSPS) is 11.3. The van der Waals surface area contributed by atoms with Crippen LogP contribution >= 0.6 is 15.9 Å². The topological polar surface area (TPSA) is 38.1 Å². The molecule has 1 N–H and O–H groups in total. The lowest BCUT2D eigenvalue weighted by Crippen LogP contribution is -2.21. The summed E-state index contributed by atoms with van der Waals surface area (Å²) < 4.78 is 33.2. The molecule has 0 aliphatic heterocycles. The van der Waals surface area contributed by atoms with Crippen LogP contribution < -0.4 is 5.32 Å². The molecule has 0 amide bonds. The van der Waals surface area contributed by atoms with E-state index in [9.17, 15) is 8.78 Å². The molecule has 0 aliphatic carbocycles. The second kappa shape index (κ2) is 5.79. The molecule has 1 aromatic carbocycles. The standard InChI is InChI=1S/C13H13BrF2N2O/c1-7(2)17-6-12-18-5-11(19-12)13-9(15)3-8(14)4-10(13)16/h3-5,7,17H,6H2,1-2H3. The lowest BCUT2D eigenvalue weighted by molar-refractivity contribution is 0.454. The van der Waals surface area contributed by atoms with E-state index in [2.05, 4.69) is 26.2 Å². The highest BCUT2D eigenvalue weighted by Crippen LogP contribution is 2.29. The maximum Gasteiger partial charge on any atom is 0.208 e. The summed E-state index contributed by atoms with van der Waals surface area (Å²) in [5, 5.41) is 3.11. The van der Waals surface area contributed by atoms with Gasteiger partial charge in [0.2, 0.25) is 5.89 Å². The first-order chi connectivity index (χ1) is 8.97. The average molecular weight is 331 g/mol. The Kier molecular flexibility index (Phi) is 4.31. The Morgan fingerprint density at radius 1 is 1.32 bits per heavy atom. The van der Waals surface area contributed by atoms with E-state index in [4.69, 9.17) is 4.42 Å². The number of aromatic nitrogens is 1. The molecular weight excluding hydrogens is 318 g/mol. The largest absolute Gasteiger partial charge is 0.439 e. The van der Waals surface area contributed by atoms with E-state index in [1.54, 1.807) is 0 Å². The van der Waals surface area contributed by atoms with Crippen molar-refractivity contribution in [3.63, 3.8) is 0 Å². The summed E-state index contributed by atoms with van der Waals surface area (Å²) in [6, 6.07) is 2.65. The van der Waals surface area contributed by atoms with Crippen LogP contribution in [0.25, 0.3) is 11.3 Å². The van der Waals surface area contributed by atoms with E-state index in [1.165, 1.54) is 18.3 Å². The minimum absolute atomic E-state index is 0.0862. The van der Waals surface area contributed by atoms with Gasteiger partial charge in [-0.15, -0.1) is 0 Å². The van der Waals surface area contributed by atoms with Crippen LogP contribution in [0.3, 0.4) is 0 Å². The summed E-state index contributed by atoms with van der Waals surface area (Å²) in [4.78, 5) is 3.99. The fourth-order valence-electron chi connectivity index (χ4n) is 1.58. The van der Waals surface area contributed by atoms with E-state index in [0.29, 0.717) is 16.9 Å². The minimum Gasteiger partial charge on any atom is -0.439 e. The minimum atomic E-state index is -0.689. The van der Waals surface area contributed by atoms with E-state index in [1.807, 2.05) is 13.8 Å². The number of hydrogen-bond acceptors (Lipinski definition) is 3. The van der Waals surface area contributed by atoms with Gasteiger partial charge < -0.3 is 9.73 Å². The van der Waals surface area contributed by atoms with Crippen molar-refractivity contribution in [1.82, 2.24) is 10.3 Å². The van der Waals surface area contributed by atoms with E-state index >= 15 is 0 Å². The first kappa shape index (κ1) is 14.1. The molecule has 6 heteroatoms. The SMILES string of the molecule is CC(C)NCc1ncc(-c2c(F)cc(Br)cc2F)o1. The van der Waals surface area contributed by atoms with Gasteiger partial charge in [-0.1, -0.05) is 29.8 Å². The number of oxazole rings is 1. The molecule has 3 nitrogen and oxygen atoms in total. The van der Waals surface area contributed by atoms with Gasteiger partial charge in [0.05, 0.1) is 18.3 Å². The molecule has 2 aromatic rings. The highest BCUT2D eigenvalue weighted by atomic mass is 79.9. The second-order valence-corrected chi connectivity index (χ2v) is 5.31. The summed E-state index contributed by atoms with van der Waals surface area (Å²) >= 11 is 3.03. The van der Waals surface area contributed by atoms with Crippen LogP contribution in [0.5, 0.6) is 0 Å². The molecule has 0 saturated heterocycles. The van der Waals surface area contributed by atoms with Gasteiger partial charge in [-0.2, -0.15) is 0 Å². The zero-order chi connectivity index (χ0) is 14.0. The molecule has 0 bridgehead atoms. The molecule has 19 heavy (non-hydrogen) atoms. The van der Waals surface area contributed by atoms with Crippen molar-refractivity contribution >= 4 is 15.9 Å². The summed E-state index contributed by atoms with van der Waals surface area (Å²) in [7, 11) is 0. The molecule has 1 aromatic heterocycles. The van der Waals surface area contributed by atoms with Gasteiger partial charge in [-0.05, 0) is 12.1 Å². The van der Waals surface area contributed by atoms with Gasteiger partial charge >= 0.3 is 0 Å². The van der Waals surface area contributed by atoms with Gasteiger partial charge in [0, 0.05) is 10.5 Å². The second-order valence-electron chi connectivity index (χ2n) is 4.40. The predicted molar refractivity (Wildman–Crippen MR) is 71.5 cm³/mol. The first-order valence-corrected chi connectivity index (χ1v) is 6.59. The van der Waals surface area contributed by atoms with Crippen molar-refractivity contribution in [2.45, 2.75) is 26.4 Å². The Hall–Kier alpha value is -1.27. The maximum absolute atomic E-state index is 13.7. The Morgan fingerprint density at radius 2 is 1.95 bits per heavy atom. The molecule has 0 aliphatic rings. The van der Waals surface area contributed by atoms with Crippen LogP contribution in [0.2, 0.25) is 0 Å². The quantitative estimate of drug-likeness (QED) is 0.924. The van der Waals surface area contributed by atoms with E-state index in [-0.39, 0.29) is 17.4 Å². The number of halogens is 3. The first-order valence-electron chi connectivity index (χ1n) is 5.80. The predicted octanol–water partition coefficient (Wildman–Crippen LogP) is 3.88. The Morgan fingerprint density at radius 3 is 2.53 bits per heavy atom. The molecular formula is C13H13BrF2N2O. The van der Waals surface area contributed by atoms with Crippen LogP contribution in [-0.2, 0) is 6.54 Å². The number of hydrogen-bond donors (Lipinski definition) is 1. The molecule has 0 atom stereocenters. The van der Waals surface area contributed by atoms with Gasteiger partial charge in [0.15, 0.2) is 5.76 Å². The third-order valence-corrected chi connectivity index (χ3v) is 2.93. The van der Waals surface area contributed by atoms with Gasteiger partial charge in [-0.25, -0.2) is 13.8 Å². The van der Waals surface area contributed by atoms with Crippen LogP contribution in [0, 0.1) is 11.6 Å². The molecule has 0 radical (unpaired) electrons. The smallest absolute Gasteiger partial charge is 0.208 e. The fraction of sp³-hybridized carbons (Fsp3) is 0.308. The molecule has 0 spiro atoms. The van der Waals surface area contributed by atoms with E-state index < -0.39 is 11.6 Å². The Balaban J connectivity index is 2.28. The lowest BCUT2D eigenvalue weighted by Gasteiger charge is -2.04. The maximum atomic E-state index is 13.7. The van der Waals surface area contributed by atoms with Gasteiger partial charge in [-0.3, -0.25) is 0 Å². The lowest BCUT2D eigenvalue weighted by atomic mass is 10.1. The van der Waals surface area contributed by atoms with Crippen molar-refractivity contribution in [1.29, 1.82) is 0 Å². The molecule has 0 saturated carbocycles. The third kappa shape index (κ3) is 3.39. The van der Waals surface area contributed by atoms with Crippen LogP contribution in [0.1, 0.15) is 19.7 Å². The summed E-state index contributed by atoms with van der Waals surface area (Å²) in [6.07, 6.45) is 1.33. The van der Waals surface area contributed by atoms with Crippen LogP contribution in [0.4, 0.5) is 8.78 Å². The van der Waals surface area contributed by atoms with Crippen molar-refractivity contribution in [2.75, 3.05) is 0 Å². The van der Waals surface area contributed by atoms with Crippen molar-refractivity contribution in [3.05, 3.63) is 40.3 Å². The van der Waals surface area contributed by atoms with Crippen LogP contribution in [0.15, 0.2) is 27.2 Å². The highest BCUT2D eigenvalue weighted by molar-refractivity contribution is 9.10. The highest BCUT2D eigenvalue weighted by Gasteiger charge is 2.17. The zero-order valence-corrected chi connectivity index (χ0v) is 12.1. The fourth-order valence-corrected chi connectivity index (χ4v) is 1.98. The Bertz CT molecular complexity index is 561. The Labute approximate surface area is 118 Å². The van der Waals surface area contributed by atoms with Crippen molar-refractivity contribution < 1.29 is 13.2 Å². The number of nitrogens with zero attached hydrogens (tertiary/aromatic N) is 1. The number of rotatable bonds is 4. The summed E-state index contributed by atoms with van der Waals surface area (Å²) in [5.41, 5.74) is -0.202. The monoisotopic (exact) mass is 330 g/mol. The van der Waals surface area contributed by atoms with Gasteiger partial charge in [0.25, 0.3) is 0 Å². The van der Waals surface area contributed by atoms with Crippen molar-refractivity contribution in [2.24, 2.45) is 0 Å². The van der Waals surface area contributed by atoms with Gasteiger partial charge in [0.1, 0.15) is 11.6 Å². The molecule has 2 rings (SSSR count). The molecule has 102 valence electrons. The average Bonchev–Trinajstić information content (AvgIpc) is 2.73.